The number of anilines is 1. The Morgan fingerprint density at radius 2 is 1.83 bits per heavy atom. The molecular weight excluding hydrogens is 240 g/mol. The molecule has 1 atom stereocenters. The molecule has 1 N–H and O–H groups in total. The van der Waals surface area contributed by atoms with E-state index in [2.05, 4.69) is 52.1 Å². The summed E-state index contributed by atoms with van der Waals surface area (Å²) in [7, 11) is 0. The molecule has 0 amide bonds. The molecule has 98 valence electrons. The van der Waals surface area contributed by atoms with Crippen molar-refractivity contribution < 1.29 is 0 Å². The van der Waals surface area contributed by atoms with Crippen LogP contribution in [0, 0.1) is 26.7 Å². The number of aliphatic imine (C=N–C) groups is 1. The normalized spacial score (nSPS) is 19.2. The van der Waals surface area contributed by atoms with E-state index in [1.807, 2.05) is 11.8 Å². The van der Waals surface area contributed by atoms with Gasteiger partial charge in [-0.05, 0) is 37.8 Å². The van der Waals surface area contributed by atoms with Crippen LogP contribution in [0.4, 0.5) is 5.69 Å². The lowest BCUT2D eigenvalue weighted by Crippen LogP contribution is -2.12. The van der Waals surface area contributed by atoms with Crippen LogP contribution in [0.3, 0.4) is 0 Å². The summed E-state index contributed by atoms with van der Waals surface area (Å²) in [5, 5.41) is 4.58. The van der Waals surface area contributed by atoms with Gasteiger partial charge in [-0.25, -0.2) is 0 Å². The van der Waals surface area contributed by atoms with E-state index in [4.69, 9.17) is 4.99 Å². The summed E-state index contributed by atoms with van der Waals surface area (Å²) < 4.78 is 0. The highest BCUT2D eigenvalue weighted by Gasteiger charge is 2.21. The molecule has 0 saturated carbocycles. The number of hydrogen-bond acceptors (Lipinski definition) is 3. The zero-order valence-electron chi connectivity index (χ0n) is 11.9. The maximum absolute atomic E-state index is 4.76. The van der Waals surface area contributed by atoms with Gasteiger partial charge in [0.05, 0.1) is 6.04 Å². The second-order valence-corrected chi connectivity index (χ2v) is 6.46. The zero-order valence-corrected chi connectivity index (χ0v) is 12.7. The minimum absolute atomic E-state index is 0.462. The van der Waals surface area contributed by atoms with Crippen LogP contribution in [0.5, 0.6) is 0 Å². The molecular formula is C15H22N2S. The minimum Gasteiger partial charge on any atom is -0.335 e. The first kappa shape index (κ1) is 13.5. The highest BCUT2D eigenvalue weighted by molar-refractivity contribution is 8.14. The Labute approximate surface area is 114 Å². The van der Waals surface area contributed by atoms with Crippen LogP contribution in [0.2, 0.25) is 0 Å². The van der Waals surface area contributed by atoms with Crippen LogP contribution in [-0.2, 0) is 0 Å². The van der Waals surface area contributed by atoms with Crippen LogP contribution < -0.4 is 5.32 Å². The largest absolute Gasteiger partial charge is 0.335 e. The van der Waals surface area contributed by atoms with E-state index in [0.717, 1.165) is 10.9 Å². The molecule has 2 rings (SSSR count). The van der Waals surface area contributed by atoms with Crippen molar-refractivity contribution in [1.82, 2.24) is 0 Å². The van der Waals surface area contributed by atoms with Crippen molar-refractivity contribution in [2.75, 3.05) is 11.1 Å². The summed E-state index contributed by atoms with van der Waals surface area (Å²) in [6, 6.07) is 4.90. The van der Waals surface area contributed by atoms with Gasteiger partial charge in [-0.2, -0.15) is 0 Å². The second kappa shape index (κ2) is 5.35. The molecule has 0 fully saturated rings. The third-order valence-electron chi connectivity index (χ3n) is 3.35. The molecule has 0 bridgehead atoms. The number of nitrogens with one attached hydrogen (secondary N) is 1. The quantitative estimate of drug-likeness (QED) is 0.866. The summed E-state index contributed by atoms with van der Waals surface area (Å²) in [5.74, 6) is 1.72. The molecule has 18 heavy (non-hydrogen) atoms. The van der Waals surface area contributed by atoms with Crippen LogP contribution in [0.1, 0.15) is 30.5 Å². The van der Waals surface area contributed by atoms with Gasteiger partial charge in [0.15, 0.2) is 5.17 Å². The molecule has 1 aliphatic heterocycles. The topological polar surface area (TPSA) is 24.4 Å². The number of thioether (sulfide) groups is 1. The number of aryl methyl sites for hydroxylation is 3. The van der Waals surface area contributed by atoms with Gasteiger partial charge in [0.2, 0.25) is 0 Å². The molecule has 0 saturated heterocycles. The first-order valence-corrected chi connectivity index (χ1v) is 7.51. The van der Waals surface area contributed by atoms with Crippen LogP contribution in [0.25, 0.3) is 0 Å². The van der Waals surface area contributed by atoms with Gasteiger partial charge in [0.1, 0.15) is 0 Å². The van der Waals surface area contributed by atoms with Gasteiger partial charge in [-0.15, -0.1) is 0 Å². The Kier molecular flexibility index (Phi) is 4.00. The molecule has 1 aromatic rings. The molecule has 1 unspecified atom stereocenters. The predicted molar refractivity (Wildman–Crippen MR) is 82.8 cm³/mol. The fourth-order valence-corrected chi connectivity index (χ4v) is 3.46. The average molecular weight is 262 g/mol. The molecule has 1 heterocycles. The number of amidine groups is 1. The smallest absolute Gasteiger partial charge is 0.161 e. The van der Waals surface area contributed by atoms with Crippen molar-refractivity contribution in [3.05, 3.63) is 28.8 Å². The zero-order chi connectivity index (χ0) is 13.3. The summed E-state index contributed by atoms with van der Waals surface area (Å²) in [5.41, 5.74) is 5.13. The van der Waals surface area contributed by atoms with E-state index in [1.165, 1.54) is 22.4 Å². The Bertz CT molecular complexity index is 454. The van der Waals surface area contributed by atoms with E-state index in [0.29, 0.717) is 12.0 Å². The molecule has 1 aromatic carbocycles. The molecule has 1 aliphatic rings. The SMILES string of the molecule is Cc1cc(C)c(NC2=NC(C(C)C)CS2)c(C)c1. The first-order chi connectivity index (χ1) is 8.47. The Morgan fingerprint density at radius 1 is 1.22 bits per heavy atom. The monoisotopic (exact) mass is 262 g/mol. The Morgan fingerprint density at radius 3 is 2.33 bits per heavy atom. The summed E-state index contributed by atoms with van der Waals surface area (Å²) in [6.45, 7) is 10.9. The van der Waals surface area contributed by atoms with Gasteiger partial charge in [-0.1, -0.05) is 43.3 Å². The molecule has 0 aromatic heterocycles. The number of nitrogens with zero attached hydrogens (tertiary/aromatic N) is 1. The highest BCUT2D eigenvalue weighted by Crippen LogP contribution is 2.27. The van der Waals surface area contributed by atoms with Crippen molar-refractivity contribution in [3.8, 4) is 0 Å². The standard InChI is InChI=1S/C15H22N2S/c1-9(2)13-8-18-15(16-13)17-14-11(4)6-10(3)7-12(14)5/h6-7,9,13H,8H2,1-5H3,(H,16,17). The average Bonchev–Trinajstić information content (AvgIpc) is 2.71. The van der Waals surface area contributed by atoms with E-state index in [9.17, 15) is 0 Å². The predicted octanol–water partition coefficient (Wildman–Crippen LogP) is 4.15. The fourth-order valence-electron chi connectivity index (χ4n) is 2.28. The second-order valence-electron chi connectivity index (χ2n) is 5.46. The van der Waals surface area contributed by atoms with E-state index in [1.54, 1.807) is 0 Å². The lowest BCUT2D eigenvalue weighted by Gasteiger charge is -2.13. The summed E-state index contributed by atoms with van der Waals surface area (Å²) in [4.78, 5) is 4.76. The summed E-state index contributed by atoms with van der Waals surface area (Å²) in [6.07, 6.45) is 0. The molecule has 0 aliphatic carbocycles. The molecule has 0 radical (unpaired) electrons. The van der Waals surface area contributed by atoms with Crippen LogP contribution in [-0.4, -0.2) is 17.0 Å². The third kappa shape index (κ3) is 2.89. The lowest BCUT2D eigenvalue weighted by molar-refractivity contribution is 0.543. The van der Waals surface area contributed by atoms with Crippen molar-refractivity contribution in [3.63, 3.8) is 0 Å². The van der Waals surface area contributed by atoms with Crippen molar-refractivity contribution in [2.24, 2.45) is 10.9 Å². The van der Waals surface area contributed by atoms with Crippen LogP contribution >= 0.6 is 11.8 Å². The maximum Gasteiger partial charge on any atom is 0.161 e. The van der Waals surface area contributed by atoms with Crippen LogP contribution in [0.15, 0.2) is 17.1 Å². The molecule has 2 nitrogen and oxygen atoms in total. The van der Waals surface area contributed by atoms with Gasteiger partial charge in [0.25, 0.3) is 0 Å². The van der Waals surface area contributed by atoms with E-state index in [-0.39, 0.29) is 0 Å². The van der Waals surface area contributed by atoms with Gasteiger partial charge < -0.3 is 5.32 Å². The number of rotatable bonds is 2. The minimum atomic E-state index is 0.462. The maximum atomic E-state index is 4.76. The van der Waals surface area contributed by atoms with Gasteiger partial charge >= 0.3 is 0 Å². The van der Waals surface area contributed by atoms with Crippen molar-refractivity contribution in [2.45, 2.75) is 40.7 Å². The van der Waals surface area contributed by atoms with Crippen molar-refractivity contribution >= 4 is 22.6 Å². The highest BCUT2D eigenvalue weighted by atomic mass is 32.2. The Balaban J connectivity index is 2.18. The third-order valence-corrected chi connectivity index (χ3v) is 4.34. The number of benzene rings is 1. The fraction of sp³-hybridized carbons (Fsp3) is 0.533. The number of hydrogen-bond donors (Lipinski definition) is 1. The molecule has 3 heteroatoms. The van der Waals surface area contributed by atoms with Gasteiger partial charge in [-0.3, -0.25) is 4.99 Å². The van der Waals surface area contributed by atoms with E-state index >= 15 is 0 Å². The lowest BCUT2D eigenvalue weighted by atomic mass is 10.1. The van der Waals surface area contributed by atoms with Crippen molar-refractivity contribution in [1.29, 1.82) is 0 Å². The first-order valence-electron chi connectivity index (χ1n) is 6.53. The van der Waals surface area contributed by atoms with Gasteiger partial charge in [0, 0.05) is 11.4 Å². The molecule has 0 spiro atoms. The van der Waals surface area contributed by atoms with E-state index < -0.39 is 0 Å². The Hall–Kier alpha value is -0.960. The summed E-state index contributed by atoms with van der Waals surface area (Å²) >= 11 is 1.83.